The molecule has 0 atom stereocenters. The van der Waals surface area contributed by atoms with E-state index in [-0.39, 0.29) is 17.4 Å². The molecule has 0 radical (unpaired) electrons. The summed E-state index contributed by atoms with van der Waals surface area (Å²) in [4.78, 5) is 20.8. The van der Waals surface area contributed by atoms with Crippen LogP contribution in [0.25, 0.3) is 0 Å². The summed E-state index contributed by atoms with van der Waals surface area (Å²) < 4.78 is 0. The Balaban J connectivity index is 2.34. The SMILES string of the molecule is CC(C)c1c(O)nc(N2CCCCC2)[nH]c1=O. The first-order valence-electron chi connectivity index (χ1n) is 6.17. The van der Waals surface area contributed by atoms with Gasteiger partial charge in [0.25, 0.3) is 5.56 Å². The van der Waals surface area contributed by atoms with E-state index in [4.69, 9.17) is 0 Å². The number of nitrogens with one attached hydrogen (secondary N) is 1. The zero-order valence-corrected chi connectivity index (χ0v) is 10.4. The van der Waals surface area contributed by atoms with Gasteiger partial charge in [0, 0.05) is 13.1 Å². The number of anilines is 1. The first-order chi connectivity index (χ1) is 8.09. The number of aromatic hydroxyl groups is 1. The molecular formula is C12H19N3O2. The van der Waals surface area contributed by atoms with Gasteiger partial charge in [-0.3, -0.25) is 9.78 Å². The number of aromatic amines is 1. The molecule has 0 saturated carbocycles. The lowest BCUT2D eigenvalue weighted by Crippen LogP contribution is -2.33. The average Bonchev–Trinajstić information content (AvgIpc) is 2.28. The minimum absolute atomic E-state index is 0.0262. The average molecular weight is 237 g/mol. The van der Waals surface area contributed by atoms with Gasteiger partial charge < -0.3 is 10.0 Å². The molecule has 0 aromatic carbocycles. The van der Waals surface area contributed by atoms with Crippen molar-refractivity contribution in [1.82, 2.24) is 9.97 Å². The van der Waals surface area contributed by atoms with Gasteiger partial charge in [0.05, 0.1) is 5.56 Å². The number of aromatic nitrogens is 2. The van der Waals surface area contributed by atoms with Crippen LogP contribution < -0.4 is 10.5 Å². The smallest absolute Gasteiger partial charge is 0.259 e. The maximum atomic E-state index is 11.9. The standard InChI is InChI=1S/C12H19N3O2/c1-8(2)9-10(16)13-12(14-11(9)17)15-6-4-3-5-7-15/h8H,3-7H2,1-2H3,(H2,13,14,16,17). The largest absolute Gasteiger partial charge is 0.493 e. The molecule has 1 aliphatic rings. The van der Waals surface area contributed by atoms with Crippen LogP contribution in [0, 0.1) is 0 Å². The lowest BCUT2D eigenvalue weighted by molar-refractivity contribution is 0.437. The van der Waals surface area contributed by atoms with Crippen molar-refractivity contribution in [3.05, 3.63) is 15.9 Å². The Morgan fingerprint density at radius 1 is 1.29 bits per heavy atom. The molecular weight excluding hydrogens is 218 g/mol. The highest BCUT2D eigenvalue weighted by molar-refractivity contribution is 5.37. The minimum atomic E-state index is -0.229. The minimum Gasteiger partial charge on any atom is -0.493 e. The van der Waals surface area contributed by atoms with Gasteiger partial charge in [0.15, 0.2) is 0 Å². The molecule has 94 valence electrons. The third kappa shape index (κ3) is 2.43. The number of nitrogens with zero attached hydrogens (tertiary/aromatic N) is 2. The third-order valence-corrected chi connectivity index (χ3v) is 3.16. The summed E-state index contributed by atoms with van der Waals surface area (Å²) in [6.07, 6.45) is 3.43. The van der Waals surface area contributed by atoms with Crippen LogP contribution in [0.4, 0.5) is 5.95 Å². The van der Waals surface area contributed by atoms with Crippen LogP contribution in [0.5, 0.6) is 5.88 Å². The molecule has 0 unspecified atom stereocenters. The van der Waals surface area contributed by atoms with Crippen molar-refractivity contribution in [2.75, 3.05) is 18.0 Å². The van der Waals surface area contributed by atoms with Crippen molar-refractivity contribution >= 4 is 5.95 Å². The van der Waals surface area contributed by atoms with Gasteiger partial charge in [-0.15, -0.1) is 0 Å². The van der Waals surface area contributed by atoms with Gasteiger partial charge in [0.1, 0.15) is 0 Å². The second-order valence-electron chi connectivity index (χ2n) is 4.83. The van der Waals surface area contributed by atoms with Crippen molar-refractivity contribution < 1.29 is 5.11 Å². The van der Waals surface area contributed by atoms with Crippen molar-refractivity contribution in [2.45, 2.75) is 39.0 Å². The fourth-order valence-electron chi connectivity index (χ4n) is 2.23. The van der Waals surface area contributed by atoms with E-state index in [9.17, 15) is 9.90 Å². The Kier molecular flexibility index (Phi) is 3.36. The monoisotopic (exact) mass is 237 g/mol. The van der Waals surface area contributed by atoms with Crippen molar-refractivity contribution in [1.29, 1.82) is 0 Å². The molecule has 1 aliphatic heterocycles. The summed E-state index contributed by atoms with van der Waals surface area (Å²) in [7, 11) is 0. The van der Waals surface area contributed by atoms with Crippen LogP contribution in [0.3, 0.4) is 0 Å². The maximum absolute atomic E-state index is 11.9. The molecule has 1 fully saturated rings. The lowest BCUT2D eigenvalue weighted by atomic mass is 10.1. The normalized spacial score (nSPS) is 16.5. The molecule has 17 heavy (non-hydrogen) atoms. The van der Waals surface area contributed by atoms with E-state index >= 15 is 0 Å². The van der Waals surface area contributed by atoms with E-state index in [0.29, 0.717) is 11.5 Å². The Morgan fingerprint density at radius 3 is 2.47 bits per heavy atom. The summed E-state index contributed by atoms with van der Waals surface area (Å²) in [5.74, 6) is 0.336. The zero-order valence-electron chi connectivity index (χ0n) is 10.4. The number of rotatable bonds is 2. The summed E-state index contributed by atoms with van der Waals surface area (Å²) in [5.41, 5.74) is 0.138. The maximum Gasteiger partial charge on any atom is 0.259 e. The van der Waals surface area contributed by atoms with Crippen LogP contribution in [0.15, 0.2) is 4.79 Å². The highest BCUT2D eigenvalue weighted by Gasteiger charge is 2.18. The summed E-state index contributed by atoms with van der Waals surface area (Å²) >= 11 is 0. The topological polar surface area (TPSA) is 69.2 Å². The number of piperidine rings is 1. The molecule has 1 saturated heterocycles. The predicted octanol–water partition coefficient (Wildman–Crippen LogP) is 1.59. The van der Waals surface area contributed by atoms with E-state index in [1.165, 1.54) is 6.42 Å². The molecule has 5 nitrogen and oxygen atoms in total. The number of hydrogen-bond donors (Lipinski definition) is 2. The number of hydrogen-bond acceptors (Lipinski definition) is 4. The van der Waals surface area contributed by atoms with Crippen molar-refractivity contribution in [2.24, 2.45) is 0 Å². The summed E-state index contributed by atoms with van der Waals surface area (Å²) in [5, 5.41) is 9.82. The van der Waals surface area contributed by atoms with Crippen LogP contribution in [-0.2, 0) is 0 Å². The highest BCUT2D eigenvalue weighted by atomic mass is 16.3. The fourth-order valence-corrected chi connectivity index (χ4v) is 2.23. The van der Waals surface area contributed by atoms with Gasteiger partial charge in [-0.25, -0.2) is 0 Å². The van der Waals surface area contributed by atoms with Gasteiger partial charge in [-0.2, -0.15) is 4.98 Å². The van der Waals surface area contributed by atoms with Gasteiger partial charge in [-0.1, -0.05) is 13.8 Å². The second kappa shape index (κ2) is 4.77. The second-order valence-corrected chi connectivity index (χ2v) is 4.83. The Hall–Kier alpha value is -1.52. The van der Waals surface area contributed by atoms with Crippen molar-refractivity contribution in [3.63, 3.8) is 0 Å². The quantitative estimate of drug-likeness (QED) is 0.819. The van der Waals surface area contributed by atoms with Crippen molar-refractivity contribution in [3.8, 4) is 5.88 Å². The van der Waals surface area contributed by atoms with Crippen LogP contribution in [-0.4, -0.2) is 28.2 Å². The molecule has 0 spiro atoms. The predicted molar refractivity (Wildman–Crippen MR) is 66.7 cm³/mol. The molecule has 0 bridgehead atoms. The van der Waals surface area contributed by atoms with Crippen LogP contribution in [0.1, 0.15) is 44.6 Å². The van der Waals surface area contributed by atoms with Gasteiger partial charge >= 0.3 is 0 Å². The summed E-state index contributed by atoms with van der Waals surface area (Å²) in [6, 6.07) is 0. The van der Waals surface area contributed by atoms with E-state index in [2.05, 4.69) is 9.97 Å². The van der Waals surface area contributed by atoms with Crippen LogP contribution >= 0.6 is 0 Å². The molecule has 2 N–H and O–H groups in total. The fraction of sp³-hybridized carbons (Fsp3) is 0.667. The van der Waals surface area contributed by atoms with E-state index in [1.54, 1.807) is 0 Å². The Bertz CT molecular complexity index is 448. The molecule has 1 aromatic rings. The zero-order chi connectivity index (χ0) is 12.4. The molecule has 0 aliphatic carbocycles. The molecule has 1 aromatic heterocycles. The van der Waals surface area contributed by atoms with Gasteiger partial charge in [0.2, 0.25) is 11.8 Å². The first kappa shape index (κ1) is 12.0. The number of H-pyrrole nitrogens is 1. The van der Waals surface area contributed by atoms with E-state index in [1.807, 2.05) is 18.7 Å². The van der Waals surface area contributed by atoms with E-state index < -0.39 is 0 Å². The first-order valence-corrected chi connectivity index (χ1v) is 6.17. The lowest BCUT2D eigenvalue weighted by Gasteiger charge is -2.27. The third-order valence-electron chi connectivity index (χ3n) is 3.16. The molecule has 2 heterocycles. The molecule has 0 amide bonds. The Morgan fingerprint density at radius 2 is 1.94 bits per heavy atom. The van der Waals surface area contributed by atoms with Crippen LogP contribution in [0.2, 0.25) is 0 Å². The van der Waals surface area contributed by atoms with Gasteiger partial charge in [-0.05, 0) is 25.2 Å². The molecule has 2 rings (SSSR count). The van der Waals surface area contributed by atoms with E-state index in [0.717, 1.165) is 25.9 Å². The summed E-state index contributed by atoms with van der Waals surface area (Å²) in [6.45, 7) is 5.52. The highest BCUT2D eigenvalue weighted by Crippen LogP contribution is 2.22. The Labute approximate surface area is 100 Å². The molecule has 5 heteroatoms.